The number of hydrogen-bond donors (Lipinski definition) is 1. The third-order valence-electron chi connectivity index (χ3n) is 8.08. The summed E-state index contributed by atoms with van der Waals surface area (Å²) in [7, 11) is 0. The van der Waals surface area contributed by atoms with Crippen molar-refractivity contribution in [1.29, 1.82) is 0 Å². The predicted octanol–water partition coefficient (Wildman–Crippen LogP) is 10.3. The first-order valence-corrected chi connectivity index (χ1v) is 14.5. The molecule has 1 aliphatic rings. The van der Waals surface area contributed by atoms with Gasteiger partial charge in [-0.2, -0.15) is 0 Å². The summed E-state index contributed by atoms with van der Waals surface area (Å²) in [6, 6.07) is 52.8. The minimum Gasteiger partial charge on any atom is -0.339 e. The lowest BCUT2D eigenvalue weighted by molar-refractivity contribution is 1.33. The normalized spacial score (nSPS) is 13.9. The van der Waals surface area contributed by atoms with Gasteiger partial charge in [0.15, 0.2) is 5.84 Å². The smallest absolute Gasteiger partial charge is 0.162 e. The Morgan fingerprint density at radius 3 is 1.74 bits per heavy atom. The topological polar surface area (TPSA) is 40.5 Å². The molecule has 3 heteroatoms. The largest absolute Gasteiger partial charge is 0.339 e. The Kier molecular flexibility index (Phi) is 6.12. The summed E-state index contributed by atoms with van der Waals surface area (Å²) in [6.45, 7) is 0. The molecular formula is C40H27N3. The van der Waals surface area contributed by atoms with Gasteiger partial charge >= 0.3 is 0 Å². The van der Waals surface area contributed by atoms with Crippen molar-refractivity contribution in [2.45, 2.75) is 0 Å². The maximum Gasteiger partial charge on any atom is 0.162 e. The molecule has 0 amide bonds. The number of benzene rings is 6. The van der Waals surface area contributed by atoms with Crippen molar-refractivity contribution in [2.24, 2.45) is 9.98 Å². The van der Waals surface area contributed by atoms with Crippen molar-refractivity contribution in [3.05, 3.63) is 169 Å². The summed E-state index contributed by atoms with van der Waals surface area (Å²) in [5.41, 5.74) is 8.41. The van der Waals surface area contributed by atoms with Crippen LogP contribution in [0.15, 0.2) is 168 Å². The predicted molar refractivity (Wildman–Crippen MR) is 181 cm³/mol. The molecule has 0 unspecified atom stereocenters. The van der Waals surface area contributed by atoms with E-state index >= 15 is 0 Å². The van der Waals surface area contributed by atoms with Crippen LogP contribution in [0.2, 0.25) is 0 Å². The standard InChI is InChI=1S/C40H27N3/c1-3-13-29(14-4-1)35-25-37(33-23-11-19-27-17-7-9-21-31(27)33)41-39(35)43-40-36(30-15-5-2-6-16-30)26-38(42-40)34-24-12-20-28-18-8-10-22-32(28)34/h1-26,41H. The zero-order valence-electron chi connectivity index (χ0n) is 23.4. The van der Waals surface area contributed by atoms with Crippen LogP contribution in [0.5, 0.6) is 0 Å². The highest BCUT2D eigenvalue weighted by Gasteiger charge is 2.22. The number of amidine groups is 1. The van der Waals surface area contributed by atoms with Gasteiger partial charge in [0, 0.05) is 28.0 Å². The third kappa shape index (κ3) is 4.58. The second-order valence-corrected chi connectivity index (χ2v) is 10.7. The van der Waals surface area contributed by atoms with Crippen LogP contribution in [0, 0.1) is 0 Å². The van der Waals surface area contributed by atoms with E-state index in [-0.39, 0.29) is 0 Å². The average molecular weight is 550 g/mol. The van der Waals surface area contributed by atoms with E-state index in [1.54, 1.807) is 0 Å². The maximum atomic E-state index is 5.28. The molecule has 0 fully saturated rings. The molecule has 0 saturated heterocycles. The van der Waals surface area contributed by atoms with Gasteiger partial charge < -0.3 is 4.98 Å². The first-order chi connectivity index (χ1) is 21.3. The number of aromatic amines is 1. The Bertz CT molecular complexity index is 2210. The van der Waals surface area contributed by atoms with E-state index < -0.39 is 0 Å². The number of aliphatic imine (C=N–C) groups is 2. The number of allylic oxidation sites excluding steroid dienone is 1. The monoisotopic (exact) mass is 549 g/mol. The summed E-state index contributed by atoms with van der Waals surface area (Å²) in [5, 5.41) is 4.78. The highest BCUT2D eigenvalue weighted by molar-refractivity contribution is 6.39. The SMILES string of the molecule is C1=C(c2ccccc2)C(=Nc2[nH]c(-c3cccc4ccccc34)cc2-c2ccccc2)N=C1c1cccc2ccccc12. The van der Waals surface area contributed by atoms with Gasteiger partial charge in [-0.05, 0) is 44.8 Å². The van der Waals surface area contributed by atoms with Crippen LogP contribution < -0.4 is 0 Å². The number of nitrogens with one attached hydrogen (secondary N) is 1. The molecular weight excluding hydrogens is 522 g/mol. The van der Waals surface area contributed by atoms with Crippen molar-refractivity contribution in [3.8, 4) is 22.4 Å². The van der Waals surface area contributed by atoms with Gasteiger partial charge in [-0.1, -0.05) is 146 Å². The zero-order valence-corrected chi connectivity index (χ0v) is 23.4. The van der Waals surface area contributed by atoms with Crippen molar-refractivity contribution < 1.29 is 0 Å². The van der Waals surface area contributed by atoms with Crippen LogP contribution in [0.3, 0.4) is 0 Å². The molecule has 7 aromatic rings. The van der Waals surface area contributed by atoms with Crippen molar-refractivity contribution >= 4 is 44.5 Å². The maximum absolute atomic E-state index is 5.28. The Morgan fingerprint density at radius 1 is 0.488 bits per heavy atom. The average Bonchev–Trinajstić information content (AvgIpc) is 3.70. The Hall–Kier alpha value is -5.80. The first-order valence-electron chi connectivity index (χ1n) is 14.5. The van der Waals surface area contributed by atoms with Crippen LogP contribution in [0.4, 0.5) is 5.82 Å². The van der Waals surface area contributed by atoms with Gasteiger partial charge in [0.05, 0.1) is 5.71 Å². The molecule has 3 nitrogen and oxygen atoms in total. The van der Waals surface area contributed by atoms with Crippen molar-refractivity contribution in [2.75, 3.05) is 0 Å². The minimum absolute atomic E-state index is 0.692. The molecule has 0 spiro atoms. The molecule has 0 aliphatic carbocycles. The van der Waals surface area contributed by atoms with Crippen molar-refractivity contribution in [3.63, 3.8) is 0 Å². The molecule has 0 atom stereocenters. The molecule has 1 aromatic heterocycles. The molecule has 0 saturated carbocycles. The summed E-state index contributed by atoms with van der Waals surface area (Å²) in [6.07, 6.45) is 2.17. The fourth-order valence-electron chi connectivity index (χ4n) is 5.99. The summed E-state index contributed by atoms with van der Waals surface area (Å²) >= 11 is 0. The summed E-state index contributed by atoms with van der Waals surface area (Å²) in [4.78, 5) is 14.1. The number of H-pyrrole nitrogens is 1. The van der Waals surface area contributed by atoms with E-state index in [9.17, 15) is 0 Å². The molecule has 8 rings (SSSR count). The summed E-state index contributed by atoms with van der Waals surface area (Å²) in [5.74, 6) is 1.48. The van der Waals surface area contributed by atoms with E-state index in [1.165, 1.54) is 21.5 Å². The van der Waals surface area contributed by atoms with E-state index in [1.807, 2.05) is 12.1 Å². The Balaban J connectivity index is 1.33. The van der Waals surface area contributed by atoms with Crippen molar-refractivity contribution in [1.82, 2.24) is 4.98 Å². The number of nitrogens with zero attached hydrogens (tertiary/aromatic N) is 2. The van der Waals surface area contributed by atoms with E-state index in [0.717, 1.165) is 50.6 Å². The quantitative estimate of drug-likeness (QED) is 0.222. The van der Waals surface area contributed by atoms with Gasteiger partial charge in [-0.3, -0.25) is 0 Å². The van der Waals surface area contributed by atoms with Gasteiger partial charge in [0.2, 0.25) is 0 Å². The van der Waals surface area contributed by atoms with Crippen LogP contribution in [0.25, 0.3) is 49.5 Å². The van der Waals surface area contributed by atoms with Gasteiger partial charge in [0.25, 0.3) is 0 Å². The molecule has 0 bridgehead atoms. The number of rotatable bonds is 5. The van der Waals surface area contributed by atoms with Crippen LogP contribution in [0.1, 0.15) is 11.1 Å². The fraction of sp³-hybridized carbons (Fsp3) is 0. The van der Waals surface area contributed by atoms with E-state index in [2.05, 4.69) is 151 Å². The fourth-order valence-corrected chi connectivity index (χ4v) is 5.99. The first kappa shape index (κ1) is 25.0. The highest BCUT2D eigenvalue weighted by atomic mass is 15.0. The minimum atomic E-state index is 0.692. The van der Waals surface area contributed by atoms with Gasteiger partial charge in [0.1, 0.15) is 5.82 Å². The zero-order chi connectivity index (χ0) is 28.6. The molecule has 43 heavy (non-hydrogen) atoms. The van der Waals surface area contributed by atoms with Gasteiger partial charge in [-0.15, -0.1) is 0 Å². The van der Waals surface area contributed by atoms with E-state index in [4.69, 9.17) is 9.98 Å². The second kappa shape index (κ2) is 10.6. The molecule has 1 aliphatic heterocycles. The van der Waals surface area contributed by atoms with Crippen LogP contribution in [-0.2, 0) is 0 Å². The number of hydrogen-bond acceptors (Lipinski definition) is 1. The Morgan fingerprint density at radius 2 is 1.05 bits per heavy atom. The number of fused-ring (bicyclic) bond motifs is 2. The molecule has 1 N–H and O–H groups in total. The van der Waals surface area contributed by atoms with Gasteiger partial charge in [-0.25, -0.2) is 9.98 Å². The van der Waals surface area contributed by atoms with E-state index in [0.29, 0.717) is 5.84 Å². The molecule has 202 valence electrons. The molecule has 6 aromatic carbocycles. The highest BCUT2D eigenvalue weighted by Crippen LogP contribution is 2.38. The lowest BCUT2D eigenvalue weighted by Gasteiger charge is -2.05. The van der Waals surface area contributed by atoms with Crippen LogP contribution in [-0.4, -0.2) is 16.5 Å². The lowest BCUT2D eigenvalue weighted by Crippen LogP contribution is -1.96. The van der Waals surface area contributed by atoms with Crippen LogP contribution >= 0.6 is 0 Å². The summed E-state index contributed by atoms with van der Waals surface area (Å²) < 4.78 is 0. The molecule has 2 heterocycles. The number of aromatic nitrogens is 1. The Labute approximate surface area is 250 Å². The molecule has 0 radical (unpaired) electrons. The second-order valence-electron chi connectivity index (χ2n) is 10.7. The third-order valence-corrected chi connectivity index (χ3v) is 8.08. The lowest BCUT2D eigenvalue weighted by atomic mass is 9.99.